The molecule has 0 amide bonds. The number of nitriles is 1. The summed E-state index contributed by atoms with van der Waals surface area (Å²) in [5.41, 5.74) is 8.38. The molecule has 4 aromatic rings. The second-order valence-corrected chi connectivity index (χ2v) is 7.81. The molecule has 3 N–H and O–H groups in total. The number of aromatic nitrogens is 3. The molecule has 0 spiro atoms. The van der Waals surface area contributed by atoms with E-state index in [2.05, 4.69) is 21.0 Å². The highest BCUT2D eigenvalue weighted by Gasteiger charge is 2.17. The van der Waals surface area contributed by atoms with Crippen LogP contribution in [0.4, 0.5) is 0 Å². The zero-order valence-electron chi connectivity index (χ0n) is 16.7. The van der Waals surface area contributed by atoms with Crippen LogP contribution >= 0.6 is 11.3 Å². The number of hydrogen-bond donors (Lipinski definition) is 2. The Morgan fingerprint density at radius 2 is 1.97 bits per heavy atom. The molecule has 0 saturated heterocycles. The zero-order chi connectivity index (χ0) is 21.8. The lowest BCUT2D eigenvalue weighted by Gasteiger charge is -2.11. The molecule has 154 valence electrons. The van der Waals surface area contributed by atoms with Gasteiger partial charge in [-0.3, -0.25) is 0 Å². The Hall–Kier alpha value is -3.64. The van der Waals surface area contributed by atoms with Gasteiger partial charge in [-0.2, -0.15) is 10.2 Å². The number of ether oxygens (including phenoxy) is 1. The fraction of sp³-hybridized carbons (Fsp3) is 0.130. The number of nitrogens with zero attached hydrogens (tertiary/aromatic N) is 4. The molecule has 31 heavy (non-hydrogen) atoms. The van der Waals surface area contributed by atoms with Crippen molar-refractivity contribution < 1.29 is 9.84 Å². The zero-order valence-corrected chi connectivity index (χ0v) is 17.5. The van der Waals surface area contributed by atoms with Crippen LogP contribution in [0.5, 0.6) is 11.6 Å². The maximum atomic E-state index is 10.00. The molecule has 2 aromatic heterocycles. The average Bonchev–Trinajstić information content (AvgIpc) is 3.28. The molecule has 0 aliphatic heterocycles. The third-order valence-corrected chi connectivity index (χ3v) is 5.65. The molecule has 0 aliphatic rings. The molecule has 1 atom stereocenters. The van der Waals surface area contributed by atoms with Crippen molar-refractivity contribution in [1.29, 1.82) is 5.26 Å². The van der Waals surface area contributed by atoms with Crippen LogP contribution in [0.2, 0.25) is 0 Å². The Balaban J connectivity index is 1.74. The predicted molar refractivity (Wildman–Crippen MR) is 119 cm³/mol. The molecule has 0 fully saturated rings. The highest BCUT2D eigenvalue weighted by molar-refractivity contribution is 7.15. The number of benzene rings is 2. The number of aliphatic hydroxyl groups is 1. The van der Waals surface area contributed by atoms with Gasteiger partial charge in [0.25, 0.3) is 0 Å². The maximum Gasteiger partial charge on any atom is 0.223 e. The summed E-state index contributed by atoms with van der Waals surface area (Å²) in [7, 11) is 0. The monoisotopic (exact) mass is 429 g/mol. The summed E-state index contributed by atoms with van der Waals surface area (Å²) in [5.74, 6) is 1.37. The molecule has 0 saturated carbocycles. The SMILES string of the molecule is Cc1nc(Oc2cc(C#N)ccc2-c2ncc(C(O)CN)s2)cc(-c2ccccc2)n1. The number of hydrogen-bond acceptors (Lipinski definition) is 8. The van der Waals surface area contributed by atoms with Crippen LogP contribution in [0.25, 0.3) is 21.8 Å². The second-order valence-electron chi connectivity index (χ2n) is 6.75. The van der Waals surface area contributed by atoms with Crippen molar-refractivity contribution in [1.82, 2.24) is 15.0 Å². The van der Waals surface area contributed by atoms with Crippen LogP contribution in [0.1, 0.15) is 22.4 Å². The lowest BCUT2D eigenvalue weighted by molar-refractivity contribution is 0.190. The quantitative estimate of drug-likeness (QED) is 0.471. The highest BCUT2D eigenvalue weighted by Crippen LogP contribution is 2.37. The second kappa shape index (κ2) is 9.02. The van der Waals surface area contributed by atoms with Crippen molar-refractivity contribution in [2.24, 2.45) is 5.73 Å². The van der Waals surface area contributed by atoms with E-state index < -0.39 is 6.10 Å². The van der Waals surface area contributed by atoms with E-state index in [0.29, 0.717) is 38.5 Å². The van der Waals surface area contributed by atoms with Gasteiger partial charge in [0.05, 0.1) is 27.8 Å². The molecule has 2 aromatic carbocycles. The van der Waals surface area contributed by atoms with Gasteiger partial charge >= 0.3 is 0 Å². The van der Waals surface area contributed by atoms with Crippen LogP contribution in [0.15, 0.2) is 60.8 Å². The van der Waals surface area contributed by atoms with Gasteiger partial charge in [0, 0.05) is 24.4 Å². The summed E-state index contributed by atoms with van der Waals surface area (Å²) < 4.78 is 6.12. The number of nitrogens with two attached hydrogens (primary N) is 1. The van der Waals surface area contributed by atoms with E-state index >= 15 is 0 Å². The van der Waals surface area contributed by atoms with E-state index in [9.17, 15) is 10.4 Å². The lowest BCUT2D eigenvalue weighted by atomic mass is 10.1. The molecule has 0 aliphatic carbocycles. The predicted octanol–water partition coefficient (Wildman–Crippen LogP) is 4.23. The van der Waals surface area contributed by atoms with Crippen LogP contribution in [0, 0.1) is 18.3 Å². The molecule has 0 radical (unpaired) electrons. The highest BCUT2D eigenvalue weighted by atomic mass is 32.1. The van der Waals surface area contributed by atoms with Crippen molar-refractivity contribution in [3.63, 3.8) is 0 Å². The first-order valence-electron chi connectivity index (χ1n) is 9.54. The van der Waals surface area contributed by atoms with E-state index in [1.54, 1.807) is 37.4 Å². The standard InChI is InChI=1S/C23H19N5O2S/c1-14-27-18(16-5-3-2-4-6-16)10-22(28-14)30-20-9-15(11-24)7-8-17(20)23-26-13-21(31-23)19(29)12-25/h2-10,13,19,29H,12,25H2,1H3. The topological polar surface area (TPSA) is 118 Å². The molecular weight excluding hydrogens is 410 g/mol. The Bertz CT molecular complexity index is 1250. The fourth-order valence-corrected chi connectivity index (χ4v) is 3.94. The van der Waals surface area contributed by atoms with Crippen LogP contribution < -0.4 is 10.5 Å². The summed E-state index contributed by atoms with van der Waals surface area (Å²) in [4.78, 5) is 14.0. The van der Waals surface area contributed by atoms with E-state index in [0.717, 1.165) is 11.3 Å². The Labute approximate surface area is 183 Å². The minimum atomic E-state index is -0.771. The van der Waals surface area contributed by atoms with Gasteiger partial charge in [0.2, 0.25) is 5.88 Å². The smallest absolute Gasteiger partial charge is 0.223 e. The van der Waals surface area contributed by atoms with Gasteiger partial charge in [-0.25, -0.2) is 9.97 Å². The Morgan fingerprint density at radius 1 is 1.16 bits per heavy atom. The van der Waals surface area contributed by atoms with Gasteiger partial charge in [0.1, 0.15) is 22.7 Å². The molecule has 8 heteroatoms. The van der Waals surface area contributed by atoms with Crippen molar-refractivity contribution in [2.75, 3.05) is 6.54 Å². The summed E-state index contributed by atoms with van der Waals surface area (Å²) in [6.07, 6.45) is 0.828. The van der Waals surface area contributed by atoms with Crippen molar-refractivity contribution in [3.8, 4) is 39.5 Å². The first-order chi connectivity index (χ1) is 15.1. The number of thiazole rings is 1. The first-order valence-corrected chi connectivity index (χ1v) is 10.4. The van der Waals surface area contributed by atoms with E-state index in [1.807, 2.05) is 30.3 Å². The summed E-state index contributed by atoms with van der Waals surface area (Å²) in [5, 5.41) is 20.0. The minimum absolute atomic E-state index is 0.112. The van der Waals surface area contributed by atoms with Crippen LogP contribution in [-0.4, -0.2) is 26.6 Å². The van der Waals surface area contributed by atoms with Gasteiger partial charge in [-0.1, -0.05) is 30.3 Å². The number of aliphatic hydroxyl groups excluding tert-OH is 1. The Kier molecular flexibility index (Phi) is 6.00. The fourth-order valence-electron chi connectivity index (χ4n) is 3.00. The Morgan fingerprint density at radius 3 is 2.71 bits per heavy atom. The third kappa shape index (κ3) is 4.59. The molecule has 1 unspecified atom stereocenters. The van der Waals surface area contributed by atoms with Gasteiger partial charge in [0.15, 0.2) is 0 Å². The number of rotatable bonds is 6. The minimum Gasteiger partial charge on any atom is -0.438 e. The maximum absolute atomic E-state index is 10.00. The molecule has 2 heterocycles. The first kappa shape index (κ1) is 20.6. The van der Waals surface area contributed by atoms with Gasteiger partial charge in [-0.15, -0.1) is 11.3 Å². The summed E-state index contributed by atoms with van der Waals surface area (Å²) in [6, 6.07) is 18.8. The molecule has 0 bridgehead atoms. The van der Waals surface area contributed by atoms with Crippen LogP contribution in [-0.2, 0) is 0 Å². The summed E-state index contributed by atoms with van der Waals surface area (Å²) >= 11 is 1.32. The van der Waals surface area contributed by atoms with E-state index in [1.165, 1.54) is 11.3 Å². The third-order valence-electron chi connectivity index (χ3n) is 4.51. The lowest BCUT2D eigenvalue weighted by Crippen LogP contribution is -2.09. The van der Waals surface area contributed by atoms with Crippen LogP contribution in [0.3, 0.4) is 0 Å². The normalized spacial score (nSPS) is 11.7. The largest absolute Gasteiger partial charge is 0.438 e. The molecule has 4 rings (SSSR count). The van der Waals surface area contributed by atoms with Crippen molar-refractivity contribution in [2.45, 2.75) is 13.0 Å². The number of aryl methyl sites for hydroxylation is 1. The van der Waals surface area contributed by atoms with Crippen molar-refractivity contribution in [3.05, 3.63) is 77.1 Å². The average molecular weight is 430 g/mol. The summed E-state index contributed by atoms with van der Waals surface area (Å²) in [6.45, 7) is 1.91. The van der Waals surface area contributed by atoms with Gasteiger partial charge < -0.3 is 15.6 Å². The molecular formula is C23H19N5O2S. The van der Waals surface area contributed by atoms with Crippen molar-refractivity contribution >= 4 is 11.3 Å². The van der Waals surface area contributed by atoms with E-state index in [4.69, 9.17) is 10.5 Å². The van der Waals surface area contributed by atoms with E-state index in [-0.39, 0.29) is 6.54 Å². The van der Waals surface area contributed by atoms with Gasteiger partial charge in [-0.05, 0) is 25.1 Å². The molecule has 7 nitrogen and oxygen atoms in total.